The molecule has 5 rings (SSSR count). The second kappa shape index (κ2) is 16.2. The number of aliphatic carboxylic acids is 3. The van der Waals surface area contributed by atoms with E-state index in [9.17, 15) is 39.0 Å². The number of amides is 2. The van der Waals surface area contributed by atoms with Gasteiger partial charge in [-0.25, -0.2) is 0 Å². The number of Topliss-reactive ketones (excluding diaryl/α,β-unsaturated/α-hetero) is 1. The van der Waals surface area contributed by atoms with Crippen LogP contribution in [-0.2, 0) is 49.7 Å². The fraction of sp³-hybridized carbons (Fsp3) is 0.371. The van der Waals surface area contributed by atoms with Gasteiger partial charge in [-0.2, -0.15) is 0 Å². The predicted octanol–water partition coefficient (Wildman–Crippen LogP) is 1.96. The third-order valence-corrected chi connectivity index (χ3v) is 8.60. The van der Waals surface area contributed by atoms with Crippen LogP contribution in [-0.4, -0.2) is 88.9 Å². The van der Waals surface area contributed by atoms with Crippen LogP contribution in [0.3, 0.4) is 0 Å². The second-order valence-corrected chi connectivity index (χ2v) is 12.5. The number of nitrogens with two attached hydrogens (primary N) is 1. The van der Waals surface area contributed by atoms with Gasteiger partial charge in [-0.1, -0.05) is 0 Å². The molecule has 3 aromatic rings. The maximum absolute atomic E-state index is 14.5. The van der Waals surface area contributed by atoms with Crippen LogP contribution in [0.1, 0.15) is 71.7 Å². The van der Waals surface area contributed by atoms with Crippen molar-refractivity contribution >= 4 is 57.6 Å². The molecule has 268 valence electrons. The number of carbonyl (C=O) groups is 6. The summed E-state index contributed by atoms with van der Waals surface area (Å²) >= 11 is 0. The van der Waals surface area contributed by atoms with Gasteiger partial charge in [0.2, 0.25) is 11.8 Å². The lowest BCUT2D eigenvalue weighted by Crippen LogP contribution is -2.54. The zero-order valence-electron chi connectivity index (χ0n) is 27.6. The van der Waals surface area contributed by atoms with Gasteiger partial charge in [-0.3, -0.25) is 38.7 Å². The fourth-order valence-corrected chi connectivity index (χ4v) is 6.00. The third-order valence-electron chi connectivity index (χ3n) is 8.60. The number of fused-ring (bicyclic) bond motifs is 8. The predicted molar refractivity (Wildman–Crippen MR) is 183 cm³/mol. The Morgan fingerprint density at radius 2 is 1.14 bits per heavy atom. The molecule has 3 aromatic heterocycles. The minimum atomic E-state index is -1.48. The molecule has 8 bridgehead atoms. The summed E-state index contributed by atoms with van der Waals surface area (Å²) in [6.45, 7) is 0. The van der Waals surface area contributed by atoms with Crippen LogP contribution < -0.4 is 16.4 Å². The summed E-state index contributed by atoms with van der Waals surface area (Å²) in [5, 5.41) is 32.7. The summed E-state index contributed by atoms with van der Waals surface area (Å²) in [4.78, 5) is 91.0. The number of ketones is 1. The lowest BCUT2D eigenvalue weighted by atomic mass is 9.97. The van der Waals surface area contributed by atoms with Gasteiger partial charge in [-0.15, -0.1) is 0 Å². The molecule has 2 amide bonds. The highest BCUT2D eigenvalue weighted by Gasteiger charge is 2.32. The Bertz CT molecular complexity index is 2020. The van der Waals surface area contributed by atoms with Crippen LogP contribution in [0.2, 0.25) is 0 Å². The van der Waals surface area contributed by atoms with Crippen LogP contribution in [0, 0.1) is 0 Å². The van der Waals surface area contributed by atoms with Crippen molar-refractivity contribution in [1.82, 2.24) is 30.6 Å². The van der Waals surface area contributed by atoms with Gasteiger partial charge in [0.25, 0.3) is 0 Å². The Kier molecular flexibility index (Phi) is 11.6. The van der Waals surface area contributed by atoms with Crippen molar-refractivity contribution in [3.8, 4) is 0 Å². The van der Waals surface area contributed by atoms with Gasteiger partial charge in [-0.05, 0) is 87.4 Å². The number of aryl methyl sites for hydroxylation is 4. The molecule has 16 heteroatoms. The Balaban J connectivity index is 1.55. The average Bonchev–Trinajstić information content (AvgIpc) is 3.90. The first-order valence-electron chi connectivity index (χ1n) is 16.6. The summed E-state index contributed by atoms with van der Waals surface area (Å²) < 4.78 is 0. The van der Waals surface area contributed by atoms with Crippen LogP contribution in [0.5, 0.6) is 0 Å². The number of carbonyl (C=O) groups excluding carboxylic acids is 3. The van der Waals surface area contributed by atoms with E-state index in [4.69, 9.17) is 20.8 Å². The molecule has 2 aliphatic rings. The molecule has 0 aliphatic carbocycles. The van der Waals surface area contributed by atoms with Crippen molar-refractivity contribution in [3.05, 3.63) is 70.8 Å². The number of hydrogen-bond acceptors (Lipinski definition) is 9. The van der Waals surface area contributed by atoms with E-state index < -0.39 is 72.9 Å². The van der Waals surface area contributed by atoms with Crippen molar-refractivity contribution in [1.29, 1.82) is 0 Å². The highest BCUT2D eigenvalue weighted by Crippen LogP contribution is 2.23. The van der Waals surface area contributed by atoms with Crippen LogP contribution in [0.15, 0.2) is 42.5 Å². The number of carboxylic acids is 3. The molecule has 0 fully saturated rings. The van der Waals surface area contributed by atoms with Crippen molar-refractivity contribution in [2.75, 3.05) is 0 Å². The van der Waals surface area contributed by atoms with Gasteiger partial charge < -0.3 is 41.7 Å². The Morgan fingerprint density at radius 1 is 0.647 bits per heavy atom. The Labute approximate surface area is 290 Å². The minimum Gasteiger partial charge on any atom is -0.481 e. The second-order valence-electron chi connectivity index (χ2n) is 12.5. The van der Waals surface area contributed by atoms with E-state index in [-0.39, 0.29) is 24.8 Å². The smallest absolute Gasteiger partial charge is 0.303 e. The number of H-pyrrole nitrogens is 2. The molecule has 0 spiro atoms. The first-order valence-corrected chi connectivity index (χ1v) is 16.6. The number of carboxylic acid groups (broad SMARTS) is 3. The van der Waals surface area contributed by atoms with E-state index >= 15 is 0 Å². The SMILES string of the molecule is N[C@@H](CCC(=O)O)C(=O)N[C@@H](CCC(=O)O)C(=O)N[C@@H](CCC(=O)O)C(=O)c1c2nc(cc3ccc(cc4nc(cc5ccc1[nH]5)CC4)[nH]3)CC2. The van der Waals surface area contributed by atoms with Gasteiger partial charge in [0.05, 0.1) is 28.9 Å². The number of hydrogen-bond donors (Lipinski definition) is 8. The molecule has 0 unspecified atom stereocenters. The molecule has 3 atom stereocenters. The zero-order valence-corrected chi connectivity index (χ0v) is 27.6. The first-order chi connectivity index (χ1) is 24.3. The number of nitrogens with one attached hydrogen (secondary N) is 4. The minimum absolute atomic E-state index is 0.142. The van der Waals surface area contributed by atoms with Crippen LogP contribution >= 0.6 is 0 Å². The average molecular weight is 702 g/mol. The number of aromatic amines is 2. The molecule has 0 saturated carbocycles. The summed E-state index contributed by atoms with van der Waals surface area (Å²) in [6.07, 6.45) is -0.0420. The van der Waals surface area contributed by atoms with Gasteiger partial charge in [0, 0.05) is 52.9 Å². The number of aromatic nitrogens is 4. The number of rotatable bonds is 15. The molecule has 5 heterocycles. The summed E-state index contributed by atoms with van der Waals surface area (Å²) in [5.41, 5.74) is 11.6. The van der Waals surface area contributed by atoms with E-state index in [2.05, 4.69) is 20.6 Å². The molecule has 0 saturated heterocycles. The van der Waals surface area contributed by atoms with Crippen molar-refractivity contribution in [3.63, 3.8) is 0 Å². The summed E-state index contributed by atoms with van der Waals surface area (Å²) in [5.74, 6) is -6.12. The van der Waals surface area contributed by atoms with Crippen molar-refractivity contribution < 1.29 is 44.1 Å². The fourth-order valence-electron chi connectivity index (χ4n) is 6.00. The molecule has 16 nitrogen and oxygen atoms in total. The molecule has 9 N–H and O–H groups in total. The van der Waals surface area contributed by atoms with Gasteiger partial charge in [0.15, 0.2) is 5.78 Å². The standard InChI is InChI=1S/C35H39N7O9/c36-24(7-12-29(43)44)34(50)42-28(11-14-31(47)48)35(51)41-27(10-13-30(45)46)33(49)32-25-8-5-22(39-25)16-20-3-1-18(37-20)15-19-2-4-21(38-19)17-23-6-9-26(32)40-23/h1,3,6,9,15-17,24,27-28,37,40H,2,4-5,7-8,10-14,36H2,(H,41,51)(H,42,50)(H,43,44)(H,45,46)(H,47,48)/t24-,27-,28-/m0/s1. The van der Waals surface area contributed by atoms with E-state index in [0.717, 1.165) is 28.8 Å². The topological polar surface area (TPSA) is 271 Å². The van der Waals surface area contributed by atoms with Gasteiger partial charge >= 0.3 is 17.9 Å². The highest BCUT2D eigenvalue weighted by molar-refractivity contribution is 6.08. The number of nitrogens with zero attached hydrogens (tertiary/aromatic N) is 2. The van der Waals surface area contributed by atoms with Crippen molar-refractivity contribution in [2.24, 2.45) is 5.73 Å². The van der Waals surface area contributed by atoms with E-state index in [0.29, 0.717) is 41.7 Å². The highest BCUT2D eigenvalue weighted by atomic mass is 16.4. The monoisotopic (exact) mass is 701 g/mol. The van der Waals surface area contributed by atoms with E-state index in [1.165, 1.54) is 0 Å². The Hall–Kier alpha value is -5.90. The molecule has 2 aliphatic heterocycles. The van der Waals surface area contributed by atoms with E-state index in [1.807, 2.05) is 30.3 Å². The molecular weight excluding hydrogens is 662 g/mol. The van der Waals surface area contributed by atoms with Crippen LogP contribution in [0.4, 0.5) is 0 Å². The van der Waals surface area contributed by atoms with E-state index in [1.54, 1.807) is 12.1 Å². The van der Waals surface area contributed by atoms with Crippen molar-refractivity contribution in [2.45, 2.75) is 82.3 Å². The van der Waals surface area contributed by atoms with Crippen LogP contribution in [0.25, 0.3) is 22.1 Å². The first kappa shape index (κ1) is 36.4. The summed E-state index contributed by atoms with van der Waals surface area (Å²) in [7, 11) is 0. The maximum Gasteiger partial charge on any atom is 0.303 e. The molecule has 0 radical (unpaired) electrons. The maximum atomic E-state index is 14.5. The van der Waals surface area contributed by atoms with Gasteiger partial charge in [0.1, 0.15) is 6.04 Å². The summed E-state index contributed by atoms with van der Waals surface area (Å²) in [6, 6.07) is 8.89. The zero-order chi connectivity index (χ0) is 36.7. The normalized spacial score (nSPS) is 14.2. The molecule has 51 heavy (non-hydrogen) atoms. The lowest BCUT2D eigenvalue weighted by molar-refractivity contribution is -0.139. The largest absolute Gasteiger partial charge is 0.481 e. The quantitative estimate of drug-likeness (QED) is 0.106. The molecular formula is C35H39N7O9. The lowest BCUT2D eigenvalue weighted by Gasteiger charge is -2.24. The Morgan fingerprint density at radius 3 is 1.75 bits per heavy atom. The molecule has 0 aromatic carbocycles. The third kappa shape index (κ3) is 9.85.